The van der Waals surface area contributed by atoms with Crippen molar-refractivity contribution in [3.05, 3.63) is 52.3 Å². The van der Waals surface area contributed by atoms with Gasteiger partial charge in [0.2, 0.25) is 0 Å². The summed E-state index contributed by atoms with van der Waals surface area (Å²) in [5.41, 5.74) is 8.18. The third-order valence-electron chi connectivity index (χ3n) is 3.31. The van der Waals surface area contributed by atoms with Crippen LogP contribution in [0.1, 0.15) is 18.9 Å². The van der Waals surface area contributed by atoms with Crippen LogP contribution in [0.2, 0.25) is 0 Å². The van der Waals surface area contributed by atoms with Gasteiger partial charge < -0.3 is 15.0 Å². The van der Waals surface area contributed by atoms with E-state index in [0.717, 1.165) is 23.4 Å². The van der Waals surface area contributed by atoms with Crippen LogP contribution in [0.25, 0.3) is 11.3 Å². The molecule has 2 N–H and O–H groups in total. The molecule has 0 bridgehead atoms. The van der Waals surface area contributed by atoms with Gasteiger partial charge in [-0.25, -0.2) is 0 Å². The fourth-order valence-electron chi connectivity index (χ4n) is 2.24. The summed E-state index contributed by atoms with van der Waals surface area (Å²) in [6.45, 7) is 3.01. The van der Waals surface area contributed by atoms with Gasteiger partial charge in [0, 0.05) is 18.7 Å². The zero-order chi connectivity index (χ0) is 14.5. The molecule has 0 radical (unpaired) electrons. The molecule has 1 heterocycles. The summed E-state index contributed by atoms with van der Waals surface area (Å²) in [5.74, 6) is 0.803. The van der Waals surface area contributed by atoms with Gasteiger partial charge in [-0.1, -0.05) is 13.0 Å². The Morgan fingerprint density at radius 2 is 1.85 bits per heavy atom. The van der Waals surface area contributed by atoms with Gasteiger partial charge in [0.1, 0.15) is 5.75 Å². The van der Waals surface area contributed by atoms with Crippen LogP contribution in [0.4, 0.5) is 0 Å². The topological polar surface area (TPSA) is 57.2 Å². The third kappa shape index (κ3) is 2.75. The Kier molecular flexibility index (Phi) is 4.58. The normalized spacial score (nSPS) is 10.6. The molecule has 20 heavy (non-hydrogen) atoms. The Morgan fingerprint density at radius 3 is 2.40 bits per heavy atom. The van der Waals surface area contributed by atoms with Crippen molar-refractivity contribution < 1.29 is 4.74 Å². The maximum atomic E-state index is 12.4. The smallest absolute Gasteiger partial charge is 0.255 e. The molecule has 0 fully saturated rings. The number of hydrogen-bond donors (Lipinski definition) is 1. The molecule has 0 spiro atoms. The second kappa shape index (κ2) is 6.39. The number of aromatic nitrogens is 1. The van der Waals surface area contributed by atoms with Gasteiger partial charge in [-0.15, -0.1) is 0 Å². The summed E-state index contributed by atoms with van der Waals surface area (Å²) in [6, 6.07) is 11.5. The van der Waals surface area contributed by atoms with E-state index in [2.05, 4.69) is 6.92 Å². The Morgan fingerprint density at radius 1 is 1.15 bits per heavy atom. The number of benzene rings is 1. The van der Waals surface area contributed by atoms with Crippen molar-refractivity contribution in [2.75, 3.05) is 7.11 Å². The first kappa shape index (κ1) is 14.3. The van der Waals surface area contributed by atoms with Gasteiger partial charge in [-0.05, 0) is 42.3 Å². The van der Waals surface area contributed by atoms with Crippen molar-refractivity contribution in [3.8, 4) is 17.0 Å². The van der Waals surface area contributed by atoms with Crippen molar-refractivity contribution in [1.29, 1.82) is 0 Å². The highest BCUT2D eigenvalue weighted by atomic mass is 16.5. The summed E-state index contributed by atoms with van der Waals surface area (Å²) in [5, 5.41) is 0. The van der Waals surface area contributed by atoms with E-state index in [1.165, 1.54) is 0 Å². The second-order valence-corrected chi connectivity index (χ2v) is 4.63. The van der Waals surface area contributed by atoms with Crippen LogP contribution in [-0.2, 0) is 13.1 Å². The van der Waals surface area contributed by atoms with Gasteiger partial charge in [0.15, 0.2) is 0 Å². The Bertz CT molecular complexity index is 630. The SMILES string of the molecule is CCCn1c(-c2ccc(OC)cc2)ccc(CN)c1=O. The van der Waals surface area contributed by atoms with E-state index >= 15 is 0 Å². The first-order valence-electron chi connectivity index (χ1n) is 6.78. The number of ether oxygens (including phenoxy) is 1. The largest absolute Gasteiger partial charge is 0.497 e. The number of pyridine rings is 1. The van der Waals surface area contributed by atoms with Gasteiger partial charge in [0.05, 0.1) is 12.8 Å². The summed E-state index contributed by atoms with van der Waals surface area (Å²) >= 11 is 0. The molecule has 2 rings (SSSR count). The zero-order valence-electron chi connectivity index (χ0n) is 11.9. The molecule has 2 aromatic rings. The molecule has 0 unspecified atom stereocenters. The maximum absolute atomic E-state index is 12.4. The number of nitrogens with two attached hydrogens (primary N) is 1. The van der Waals surface area contributed by atoms with Gasteiger partial charge in [-0.2, -0.15) is 0 Å². The van der Waals surface area contributed by atoms with E-state index in [0.29, 0.717) is 12.1 Å². The molecule has 0 aliphatic carbocycles. The first-order chi connectivity index (χ1) is 9.71. The van der Waals surface area contributed by atoms with Crippen LogP contribution in [0.15, 0.2) is 41.2 Å². The summed E-state index contributed by atoms with van der Waals surface area (Å²) in [6.07, 6.45) is 0.900. The van der Waals surface area contributed by atoms with Crippen molar-refractivity contribution >= 4 is 0 Å². The number of hydrogen-bond acceptors (Lipinski definition) is 3. The summed E-state index contributed by atoms with van der Waals surface area (Å²) in [4.78, 5) is 12.4. The van der Waals surface area contributed by atoms with Gasteiger partial charge in [-0.3, -0.25) is 4.79 Å². The Balaban J connectivity index is 2.54. The van der Waals surface area contributed by atoms with Crippen LogP contribution in [0.5, 0.6) is 5.75 Å². The fourth-order valence-corrected chi connectivity index (χ4v) is 2.24. The molecule has 4 nitrogen and oxygen atoms in total. The molecule has 0 aliphatic rings. The highest BCUT2D eigenvalue weighted by Crippen LogP contribution is 2.22. The van der Waals surface area contributed by atoms with Crippen molar-refractivity contribution in [1.82, 2.24) is 4.57 Å². The van der Waals surface area contributed by atoms with E-state index in [9.17, 15) is 4.79 Å². The lowest BCUT2D eigenvalue weighted by atomic mass is 10.1. The molecule has 0 saturated carbocycles. The average Bonchev–Trinajstić information content (AvgIpc) is 2.49. The zero-order valence-corrected chi connectivity index (χ0v) is 11.9. The standard InChI is InChI=1S/C16H20N2O2/c1-3-10-18-15(9-6-13(11-17)16(18)19)12-4-7-14(20-2)8-5-12/h4-9H,3,10-11,17H2,1-2H3. The fraction of sp³-hybridized carbons (Fsp3) is 0.312. The molecule has 0 aliphatic heterocycles. The summed E-state index contributed by atoms with van der Waals surface area (Å²) in [7, 11) is 1.64. The molecule has 0 amide bonds. The quantitative estimate of drug-likeness (QED) is 0.909. The summed E-state index contributed by atoms with van der Waals surface area (Å²) < 4.78 is 6.95. The van der Waals surface area contributed by atoms with Crippen LogP contribution in [0.3, 0.4) is 0 Å². The average molecular weight is 272 g/mol. The monoisotopic (exact) mass is 272 g/mol. The molecule has 1 aromatic carbocycles. The predicted octanol–water partition coefficient (Wildman–Crippen LogP) is 2.39. The minimum Gasteiger partial charge on any atom is -0.497 e. The first-order valence-corrected chi connectivity index (χ1v) is 6.78. The molecule has 0 atom stereocenters. The lowest BCUT2D eigenvalue weighted by molar-refractivity contribution is 0.415. The van der Waals surface area contributed by atoms with E-state index in [4.69, 9.17) is 10.5 Å². The molecular formula is C16H20N2O2. The lowest BCUT2D eigenvalue weighted by Crippen LogP contribution is -2.26. The number of methoxy groups -OCH3 is 1. The van der Waals surface area contributed by atoms with Crippen molar-refractivity contribution in [3.63, 3.8) is 0 Å². The molecule has 4 heteroatoms. The molecular weight excluding hydrogens is 252 g/mol. The second-order valence-electron chi connectivity index (χ2n) is 4.63. The minimum atomic E-state index is 0.00247. The third-order valence-corrected chi connectivity index (χ3v) is 3.31. The Labute approximate surface area is 118 Å². The van der Waals surface area contributed by atoms with E-state index in [-0.39, 0.29) is 12.1 Å². The highest BCUT2D eigenvalue weighted by Gasteiger charge is 2.09. The molecule has 1 aromatic heterocycles. The van der Waals surface area contributed by atoms with E-state index in [1.54, 1.807) is 11.7 Å². The van der Waals surface area contributed by atoms with E-state index < -0.39 is 0 Å². The number of rotatable bonds is 5. The molecule has 0 saturated heterocycles. The maximum Gasteiger partial charge on any atom is 0.255 e. The number of nitrogens with zero attached hydrogens (tertiary/aromatic N) is 1. The Hall–Kier alpha value is -2.07. The van der Waals surface area contributed by atoms with Crippen LogP contribution in [0, 0.1) is 0 Å². The lowest BCUT2D eigenvalue weighted by Gasteiger charge is -2.14. The van der Waals surface area contributed by atoms with Crippen molar-refractivity contribution in [2.45, 2.75) is 26.4 Å². The van der Waals surface area contributed by atoms with Crippen LogP contribution < -0.4 is 16.0 Å². The van der Waals surface area contributed by atoms with Crippen LogP contribution >= 0.6 is 0 Å². The van der Waals surface area contributed by atoms with Gasteiger partial charge in [0.25, 0.3) is 5.56 Å². The van der Waals surface area contributed by atoms with Crippen LogP contribution in [-0.4, -0.2) is 11.7 Å². The predicted molar refractivity (Wildman–Crippen MR) is 80.9 cm³/mol. The van der Waals surface area contributed by atoms with Gasteiger partial charge >= 0.3 is 0 Å². The molecule has 106 valence electrons. The van der Waals surface area contributed by atoms with E-state index in [1.807, 2.05) is 36.4 Å². The highest BCUT2D eigenvalue weighted by molar-refractivity contribution is 5.61. The van der Waals surface area contributed by atoms with Crippen molar-refractivity contribution in [2.24, 2.45) is 5.73 Å². The minimum absolute atomic E-state index is 0.00247.